The van der Waals surface area contributed by atoms with Gasteiger partial charge in [-0.15, -0.1) is 0 Å². The molecule has 0 aliphatic rings. The molecule has 0 heterocycles. The van der Waals surface area contributed by atoms with Crippen LogP contribution >= 0.6 is 0 Å². The van der Waals surface area contributed by atoms with Crippen LogP contribution in [-0.2, 0) is 29.2 Å². The molecular formula is C2H7LiO8S2. The van der Waals surface area contributed by atoms with Gasteiger partial charge in [-0.1, -0.05) is 0 Å². The number of rotatable bonds is 5. The van der Waals surface area contributed by atoms with E-state index in [1.807, 2.05) is 0 Å². The van der Waals surface area contributed by atoms with E-state index >= 15 is 0 Å². The Balaban J connectivity index is 0. The molecule has 0 fully saturated rings. The summed E-state index contributed by atoms with van der Waals surface area (Å²) in [7, 11) is -9.20. The van der Waals surface area contributed by atoms with E-state index in [0.717, 1.165) is 0 Å². The molecule has 0 aliphatic carbocycles. The summed E-state index contributed by atoms with van der Waals surface area (Å²) in [6, 6.07) is 0. The van der Waals surface area contributed by atoms with Crippen LogP contribution < -0.4 is 0 Å². The molecule has 0 radical (unpaired) electrons. The first-order valence-corrected chi connectivity index (χ1v) is 5.17. The Labute approximate surface area is 87.3 Å². The van der Waals surface area contributed by atoms with Crippen molar-refractivity contribution in [3.05, 3.63) is 0 Å². The zero-order valence-electron chi connectivity index (χ0n) is 5.57. The van der Waals surface area contributed by atoms with Gasteiger partial charge in [0.1, 0.15) is 0 Å². The van der Waals surface area contributed by atoms with Gasteiger partial charge in [-0.25, -0.2) is 8.37 Å². The summed E-state index contributed by atoms with van der Waals surface area (Å²) >= 11 is 0. The first-order valence-electron chi connectivity index (χ1n) is 2.44. The van der Waals surface area contributed by atoms with Crippen molar-refractivity contribution in [2.24, 2.45) is 0 Å². The van der Waals surface area contributed by atoms with Crippen molar-refractivity contribution in [3.63, 3.8) is 0 Å². The molecule has 2 N–H and O–H groups in total. The summed E-state index contributed by atoms with van der Waals surface area (Å²) in [6.07, 6.45) is 0. The third kappa shape index (κ3) is 15.1. The Morgan fingerprint density at radius 3 is 1.23 bits per heavy atom. The standard InChI is InChI=1S/C2H6O8S2.Li.H/c3-11(4,5)9-1-2-10-12(6,7)8;;/h1-2H2,(H,3,4,5)(H,6,7,8);;. The molecule has 8 nitrogen and oxygen atoms in total. The molecule has 76 valence electrons. The Kier molecular flexibility index (Phi) is 7.22. The van der Waals surface area contributed by atoms with E-state index < -0.39 is 34.0 Å². The summed E-state index contributed by atoms with van der Waals surface area (Å²) in [5.41, 5.74) is 0. The molecule has 13 heavy (non-hydrogen) atoms. The Hall–Kier alpha value is 0.337. The molecule has 0 saturated heterocycles. The van der Waals surface area contributed by atoms with Crippen molar-refractivity contribution in [1.82, 2.24) is 0 Å². The monoisotopic (exact) mass is 230 g/mol. The van der Waals surface area contributed by atoms with Crippen LogP contribution in [0.1, 0.15) is 0 Å². The van der Waals surface area contributed by atoms with Crippen molar-refractivity contribution in [1.29, 1.82) is 0 Å². The van der Waals surface area contributed by atoms with Crippen LogP contribution in [0, 0.1) is 0 Å². The van der Waals surface area contributed by atoms with E-state index in [1.54, 1.807) is 0 Å². The summed E-state index contributed by atoms with van der Waals surface area (Å²) in [5.74, 6) is 0. The molecule has 0 rings (SSSR count). The van der Waals surface area contributed by atoms with Gasteiger partial charge in [-0.2, -0.15) is 16.8 Å². The molecule has 0 aliphatic heterocycles. The second-order valence-corrected chi connectivity index (χ2v) is 3.68. The molecule has 11 heteroatoms. The van der Waals surface area contributed by atoms with Gasteiger partial charge < -0.3 is 0 Å². The van der Waals surface area contributed by atoms with Crippen molar-refractivity contribution >= 4 is 39.7 Å². The van der Waals surface area contributed by atoms with Gasteiger partial charge in [-0.05, 0) is 0 Å². The Morgan fingerprint density at radius 2 is 1.08 bits per heavy atom. The normalized spacial score (nSPS) is 12.2. The second kappa shape index (κ2) is 5.94. The first kappa shape index (κ1) is 15.8. The van der Waals surface area contributed by atoms with Crippen LogP contribution in [0.25, 0.3) is 0 Å². The predicted octanol–water partition coefficient (Wildman–Crippen LogP) is -2.02. The molecule has 0 atom stereocenters. The summed E-state index contributed by atoms with van der Waals surface area (Å²) in [5, 5.41) is 0. The Morgan fingerprint density at radius 1 is 0.846 bits per heavy atom. The van der Waals surface area contributed by atoms with Crippen LogP contribution in [0.2, 0.25) is 0 Å². The molecule has 0 amide bonds. The van der Waals surface area contributed by atoms with E-state index in [4.69, 9.17) is 9.11 Å². The molecule has 0 aromatic rings. The van der Waals surface area contributed by atoms with Gasteiger partial charge in [0.05, 0.1) is 13.2 Å². The third-order valence-electron chi connectivity index (χ3n) is 0.548. The summed E-state index contributed by atoms with van der Waals surface area (Å²) in [4.78, 5) is 0. The van der Waals surface area contributed by atoms with Gasteiger partial charge in [-0.3, -0.25) is 9.11 Å². The average molecular weight is 230 g/mol. The van der Waals surface area contributed by atoms with E-state index in [1.165, 1.54) is 0 Å². The van der Waals surface area contributed by atoms with E-state index in [0.29, 0.717) is 0 Å². The van der Waals surface area contributed by atoms with Crippen LogP contribution in [0.3, 0.4) is 0 Å². The predicted molar refractivity (Wildman–Crippen MR) is 42.2 cm³/mol. The van der Waals surface area contributed by atoms with Crippen LogP contribution in [0.5, 0.6) is 0 Å². The molecule has 0 saturated carbocycles. The van der Waals surface area contributed by atoms with E-state index in [9.17, 15) is 16.8 Å². The fraction of sp³-hybridized carbons (Fsp3) is 1.00. The SMILES string of the molecule is O=S(=O)(O)OCCOS(=O)(=O)O.[LiH]. The quantitative estimate of drug-likeness (QED) is 0.314. The molecule has 0 unspecified atom stereocenters. The van der Waals surface area contributed by atoms with Gasteiger partial charge in [0.2, 0.25) is 0 Å². The van der Waals surface area contributed by atoms with Crippen LogP contribution in [0.4, 0.5) is 0 Å². The second-order valence-electron chi connectivity index (χ2n) is 1.50. The first-order chi connectivity index (χ1) is 5.21. The third-order valence-corrected chi connectivity index (χ3v) is 1.48. The van der Waals surface area contributed by atoms with Crippen molar-refractivity contribution in [2.75, 3.05) is 13.2 Å². The van der Waals surface area contributed by atoms with Gasteiger partial charge in [0.25, 0.3) is 0 Å². The molecule has 0 spiro atoms. The van der Waals surface area contributed by atoms with Gasteiger partial charge >= 0.3 is 39.7 Å². The average Bonchev–Trinajstić information content (AvgIpc) is 1.76. The van der Waals surface area contributed by atoms with Gasteiger partial charge in [0.15, 0.2) is 0 Å². The summed E-state index contributed by atoms with van der Waals surface area (Å²) in [6.45, 7) is -1.42. The van der Waals surface area contributed by atoms with Crippen molar-refractivity contribution in [3.8, 4) is 0 Å². The molecule has 0 aromatic carbocycles. The minimum absolute atomic E-state index is 0. The zero-order valence-corrected chi connectivity index (χ0v) is 7.21. The Bertz CT molecular complexity index is 280. The molecule has 0 bridgehead atoms. The maximum atomic E-state index is 9.82. The van der Waals surface area contributed by atoms with E-state index in [2.05, 4.69) is 8.37 Å². The molecule has 0 aromatic heterocycles. The minimum atomic E-state index is -4.60. The zero-order chi connectivity index (χ0) is 9.83. The van der Waals surface area contributed by atoms with Crippen LogP contribution in [-0.4, -0.2) is 58.0 Å². The van der Waals surface area contributed by atoms with Crippen molar-refractivity contribution < 1.29 is 34.3 Å². The van der Waals surface area contributed by atoms with Crippen molar-refractivity contribution in [2.45, 2.75) is 0 Å². The van der Waals surface area contributed by atoms with E-state index in [-0.39, 0.29) is 18.9 Å². The van der Waals surface area contributed by atoms with Crippen LogP contribution in [0.15, 0.2) is 0 Å². The number of hydrogen-bond donors (Lipinski definition) is 2. The fourth-order valence-corrected chi connectivity index (χ4v) is 0.836. The fourth-order valence-electron chi connectivity index (χ4n) is 0.279. The maximum absolute atomic E-state index is 9.82. The van der Waals surface area contributed by atoms with Gasteiger partial charge in [0, 0.05) is 0 Å². The topological polar surface area (TPSA) is 127 Å². The number of hydrogen-bond acceptors (Lipinski definition) is 6. The molecular weight excluding hydrogens is 223 g/mol. The summed E-state index contributed by atoms with van der Waals surface area (Å²) < 4.78 is 62.4.